The highest BCUT2D eigenvalue weighted by Crippen LogP contribution is 2.47. The van der Waals surface area contributed by atoms with Crippen molar-refractivity contribution in [2.75, 3.05) is 19.5 Å². The van der Waals surface area contributed by atoms with Crippen molar-refractivity contribution >= 4 is 41.1 Å². The number of nitrogens with zero attached hydrogens (tertiary/aromatic N) is 2. The van der Waals surface area contributed by atoms with Crippen molar-refractivity contribution in [2.24, 2.45) is 0 Å². The van der Waals surface area contributed by atoms with Gasteiger partial charge in [-0.15, -0.1) is 0 Å². The second-order valence-electron chi connectivity index (χ2n) is 8.15. The van der Waals surface area contributed by atoms with Gasteiger partial charge in [-0.05, 0) is 72.4 Å². The first-order valence-corrected chi connectivity index (χ1v) is 12.6. The zero-order chi connectivity index (χ0) is 23.8. The van der Waals surface area contributed by atoms with E-state index in [-0.39, 0.29) is 5.82 Å². The highest BCUT2D eigenvalue weighted by atomic mass is 31.2. The zero-order valence-electron chi connectivity index (χ0n) is 18.7. The maximum absolute atomic E-state index is 14.0. The summed E-state index contributed by atoms with van der Waals surface area (Å²) >= 11 is 0. The molecule has 0 aliphatic carbocycles. The Labute approximate surface area is 191 Å². The molecule has 4 aromatic rings. The van der Waals surface area contributed by atoms with Gasteiger partial charge in [0.25, 0.3) is 7.37 Å². The fraction of sp³-hybridized carbons (Fsp3) is 0.200. The van der Waals surface area contributed by atoms with E-state index in [1.54, 1.807) is 25.3 Å². The van der Waals surface area contributed by atoms with Gasteiger partial charge in [0.15, 0.2) is 11.4 Å². The summed E-state index contributed by atoms with van der Waals surface area (Å²) in [4.78, 5) is 18.4. The van der Waals surface area contributed by atoms with Crippen LogP contribution >= 0.6 is 7.37 Å². The van der Waals surface area contributed by atoms with Gasteiger partial charge in [0.2, 0.25) is 0 Å². The minimum absolute atomic E-state index is 0.278. The Morgan fingerprint density at radius 3 is 2.67 bits per heavy atom. The van der Waals surface area contributed by atoms with E-state index in [2.05, 4.69) is 29.0 Å². The molecule has 0 saturated carbocycles. The number of aryl methyl sites for hydroxylation is 3. The highest BCUT2D eigenvalue weighted by Gasteiger charge is 2.17. The smallest absolute Gasteiger partial charge is 0.254 e. The molecule has 0 fully saturated rings. The Balaban J connectivity index is 1.70. The van der Waals surface area contributed by atoms with Gasteiger partial charge in [0, 0.05) is 23.6 Å². The van der Waals surface area contributed by atoms with E-state index in [4.69, 9.17) is 10.5 Å². The van der Waals surface area contributed by atoms with Gasteiger partial charge in [-0.2, -0.15) is 0 Å². The van der Waals surface area contributed by atoms with Crippen molar-refractivity contribution in [1.82, 2.24) is 9.97 Å². The van der Waals surface area contributed by atoms with E-state index in [1.165, 1.54) is 11.1 Å². The SMILES string of the molecule is COc1ccc(CCc2cnc3c(N)nc4cc(/C=C(\F)P(C)(=O)O)ccc4c3c2)c(C)c1. The summed E-state index contributed by atoms with van der Waals surface area (Å²) in [6, 6.07) is 13.3. The summed E-state index contributed by atoms with van der Waals surface area (Å²) in [7, 11) is -2.29. The zero-order valence-corrected chi connectivity index (χ0v) is 19.6. The molecule has 0 spiro atoms. The standard InChI is InChI=1S/C25H25FN3O3P/c1-15-10-19(32-2)8-7-18(15)6-4-17-11-21-20-9-5-16(13-23(26)33(3,30)31)12-22(20)29-25(27)24(21)28-14-17/h5,7-14H,4,6H2,1-3H3,(H2,27,29)(H,30,31)/b23-13+. The average molecular weight is 465 g/mol. The number of nitrogen functional groups attached to an aromatic ring is 1. The third-order valence-corrected chi connectivity index (χ3v) is 6.58. The van der Waals surface area contributed by atoms with Crippen LogP contribution in [0.5, 0.6) is 5.75 Å². The van der Waals surface area contributed by atoms with E-state index in [1.807, 2.05) is 18.3 Å². The van der Waals surface area contributed by atoms with Crippen LogP contribution in [-0.4, -0.2) is 28.6 Å². The molecular weight excluding hydrogens is 440 g/mol. The fourth-order valence-corrected chi connectivity index (χ4v) is 4.20. The molecule has 0 aliphatic rings. The Bertz CT molecular complexity index is 1450. The lowest BCUT2D eigenvalue weighted by Gasteiger charge is -2.10. The molecule has 170 valence electrons. The third kappa shape index (κ3) is 4.90. The Hall–Kier alpha value is -3.28. The number of ether oxygens (including phenoxy) is 1. The minimum Gasteiger partial charge on any atom is -0.497 e. The molecule has 0 radical (unpaired) electrons. The molecule has 2 aromatic heterocycles. The lowest BCUT2D eigenvalue weighted by molar-refractivity contribution is 0.414. The Kier molecular flexibility index (Phi) is 6.19. The number of benzene rings is 2. The highest BCUT2D eigenvalue weighted by molar-refractivity contribution is 7.61. The maximum atomic E-state index is 14.0. The molecule has 0 bridgehead atoms. The van der Waals surface area contributed by atoms with Crippen LogP contribution < -0.4 is 10.5 Å². The number of hydrogen-bond acceptors (Lipinski definition) is 5. The van der Waals surface area contributed by atoms with Crippen LogP contribution in [-0.2, 0) is 17.4 Å². The van der Waals surface area contributed by atoms with E-state index in [0.29, 0.717) is 16.6 Å². The van der Waals surface area contributed by atoms with Gasteiger partial charge in [0.1, 0.15) is 11.3 Å². The van der Waals surface area contributed by atoms with Gasteiger partial charge >= 0.3 is 0 Å². The van der Waals surface area contributed by atoms with Crippen LogP contribution in [0.2, 0.25) is 0 Å². The monoisotopic (exact) mass is 465 g/mol. The minimum atomic E-state index is -3.95. The Morgan fingerprint density at radius 1 is 1.18 bits per heavy atom. The molecule has 0 aliphatic heterocycles. The lowest BCUT2D eigenvalue weighted by Crippen LogP contribution is -1.99. The van der Waals surface area contributed by atoms with Crippen molar-refractivity contribution in [3.8, 4) is 5.75 Å². The molecule has 0 amide bonds. The number of methoxy groups -OCH3 is 1. The second-order valence-corrected chi connectivity index (χ2v) is 10.3. The second kappa shape index (κ2) is 8.93. The van der Waals surface area contributed by atoms with Crippen LogP contribution in [0.25, 0.3) is 27.9 Å². The summed E-state index contributed by atoms with van der Waals surface area (Å²) in [5.41, 5.74) is 10.2. The normalized spacial score (nSPS) is 13.9. The van der Waals surface area contributed by atoms with Crippen LogP contribution in [0.3, 0.4) is 0 Å². The number of aromatic nitrogens is 2. The molecule has 4 rings (SSSR count). The topological polar surface area (TPSA) is 98.3 Å². The number of pyridine rings is 2. The van der Waals surface area contributed by atoms with Crippen molar-refractivity contribution < 1.29 is 18.6 Å². The first-order valence-electron chi connectivity index (χ1n) is 10.4. The molecular formula is C25H25FN3O3P. The summed E-state index contributed by atoms with van der Waals surface area (Å²) < 4.78 is 30.8. The van der Waals surface area contributed by atoms with Crippen LogP contribution in [0.1, 0.15) is 22.3 Å². The van der Waals surface area contributed by atoms with E-state index < -0.39 is 12.9 Å². The largest absolute Gasteiger partial charge is 0.497 e. The number of nitrogens with two attached hydrogens (primary N) is 1. The average Bonchev–Trinajstić information content (AvgIpc) is 2.77. The first-order chi connectivity index (χ1) is 15.7. The summed E-state index contributed by atoms with van der Waals surface area (Å²) in [6.07, 6.45) is 4.52. The van der Waals surface area contributed by atoms with Crippen molar-refractivity contribution in [2.45, 2.75) is 19.8 Å². The molecule has 2 heterocycles. The van der Waals surface area contributed by atoms with E-state index in [0.717, 1.165) is 47.7 Å². The molecule has 2 aromatic carbocycles. The molecule has 1 unspecified atom stereocenters. The summed E-state index contributed by atoms with van der Waals surface area (Å²) in [6.45, 7) is 3.03. The number of fused-ring (bicyclic) bond motifs is 3. The predicted octanol–water partition coefficient (Wildman–Crippen LogP) is 5.64. The molecule has 3 N–H and O–H groups in total. The van der Waals surface area contributed by atoms with Gasteiger partial charge in [-0.1, -0.05) is 18.2 Å². The van der Waals surface area contributed by atoms with Gasteiger partial charge in [-0.3, -0.25) is 9.55 Å². The number of rotatable bonds is 6. The van der Waals surface area contributed by atoms with Crippen LogP contribution in [0.15, 0.2) is 54.2 Å². The van der Waals surface area contributed by atoms with E-state index in [9.17, 15) is 13.8 Å². The predicted molar refractivity (Wildman–Crippen MR) is 131 cm³/mol. The van der Waals surface area contributed by atoms with Gasteiger partial charge < -0.3 is 15.4 Å². The van der Waals surface area contributed by atoms with Gasteiger partial charge in [-0.25, -0.2) is 9.37 Å². The van der Waals surface area contributed by atoms with Crippen molar-refractivity contribution in [3.05, 3.63) is 76.5 Å². The number of hydrogen-bond donors (Lipinski definition) is 2. The van der Waals surface area contributed by atoms with Crippen LogP contribution in [0, 0.1) is 6.92 Å². The lowest BCUT2D eigenvalue weighted by atomic mass is 9.99. The molecule has 1 atom stereocenters. The molecule has 33 heavy (non-hydrogen) atoms. The summed E-state index contributed by atoms with van der Waals surface area (Å²) in [5, 5.41) is 1.69. The molecule has 0 saturated heterocycles. The maximum Gasteiger partial charge on any atom is 0.254 e. The van der Waals surface area contributed by atoms with Crippen LogP contribution in [0.4, 0.5) is 10.2 Å². The quantitative estimate of drug-likeness (QED) is 0.283. The van der Waals surface area contributed by atoms with E-state index >= 15 is 0 Å². The molecule has 8 heteroatoms. The third-order valence-electron chi connectivity index (χ3n) is 5.65. The van der Waals surface area contributed by atoms with Crippen molar-refractivity contribution in [1.29, 1.82) is 0 Å². The first kappa shape index (κ1) is 22.9. The van der Waals surface area contributed by atoms with Gasteiger partial charge in [0.05, 0.1) is 12.6 Å². The fourth-order valence-electron chi connectivity index (χ4n) is 3.81. The summed E-state index contributed by atoms with van der Waals surface area (Å²) in [5.74, 6) is 1.12. The number of anilines is 1. The Morgan fingerprint density at radius 2 is 1.97 bits per heavy atom. The number of halogens is 1. The van der Waals surface area contributed by atoms with Crippen molar-refractivity contribution in [3.63, 3.8) is 0 Å². The molecule has 6 nitrogen and oxygen atoms in total.